The maximum Gasteiger partial charge on any atom is 0.328 e. The second kappa shape index (κ2) is 15.1. The molecule has 0 aliphatic heterocycles. The summed E-state index contributed by atoms with van der Waals surface area (Å²) in [7, 11) is 0. The van der Waals surface area contributed by atoms with E-state index in [0.717, 1.165) is 0 Å². The van der Waals surface area contributed by atoms with Crippen LogP contribution in [0.1, 0.15) is 38.5 Å². The van der Waals surface area contributed by atoms with E-state index in [1.165, 1.54) is 0 Å². The molecular weight excluding hydrogens is 460 g/mol. The van der Waals surface area contributed by atoms with Gasteiger partial charge >= 0.3 is 11.9 Å². The van der Waals surface area contributed by atoms with Gasteiger partial charge in [-0.3, -0.25) is 28.8 Å². The molecular formula is C18H30N6O10. The SMILES string of the molecule is NC(=O)CCC(NC(=O)C(N)CCC(=O)O)C(=O)NC(CCC(N)=O)C(=O)NC(CO)C(=O)O. The number of nitrogens with one attached hydrogen (secondary N) is 3. The molecule has 0 aromatic heterocycles. The predicted octanol–water partition coefficient (Wildman–Crippen LogP) is -4.76. The second-order valence-corrected chi connectivity index (χ2v) is 7.25. The van der Waals surface area contributed by atoms with Gasteiger partial charge in [-0.15, -0.1) is 0 Å². The molecule has 0 aromatic rings. The standard InChI is InChI=1S/C18H30N6O10/c19-8(1-6-14(28)29)15(30)22-9(2-4-12(20)26)16(31)23-10(3-5-13(21)27)17(32)24-11(7-25)18(33)34/h8-11,25H,1-7,19H2,(H2,20,26)(H2,21,27)(H,22,30)(H,23,31)(H,24,32)(H,28,29)(H,33,34). The van der Waals surface area contributed by atoms with Crippen LogP contribution in [0.25, 0.3) is 0 Å². The molecule has 0 rings (SSSR count). The molecule has 0 saturated carbocycles. The summed E-state index contributed by atoms with van der Waals surface area (Å²) in [6.07, 6.45) is -2.05. The lowest BCUT2D eigenvalue weighted by Gasteiger charge is -2.24. The lowest BCUT2D eigenvalue weighted by Crippen LogP contribution is -2.57. The molecule has 192 valence electrons. The van der Waals surface area contributed by atoms with Crippen molar-refractivity contribution >= 4 is 41.5 Å². The highest BCUT2D eigenvalue weighted by Crippen LogP contribution is 2.05. The molecule has 0 spiro atoms. The van der Waals surface area contributed by atoms with Crippen molar-refractivity contribution in [3.05, 3.63) is 0 Å². The summed E-state index contributed by atoms with van der Waals surface area (Å²) in [5.41, 5.74) is 15.7. The number of aliphatic hydroxyl groups excluding tert-OH is 1. The van der Waals surface area contributed by atoms with Crippen LogP contribution in [-0.4, -0.2) is 87.6 Å². The van der Waals surface area contributed by atoms with Crippen LogP contribution in [0.2, 0.25) is 0 Å². The van der Waals surface area contributed by atoms with Crippen LogP contribution < -0.4 is 33.2 Å². The normalized spacial score (nSPS) is 14.1. The average molecular weight is 490 g/mol. The number of hydrogen-bond acceptors (Lipinski definition) is 9. The number of carboxylic acids is 2. The van der Waals surface area contributed by atoms with Crippen molar-refractivity contribution in [2.45, 2.75) is 62.7 Å². The van der Waals surface area contributed by atoms with E-state index in [0.29, 0.717) is 0 Å². The fourth-order valence-corrected chi connectivity index (χ4v) is 2.53. The third-order valence-electron chi connectivity index (χ3n) is 4.43. The van der Waals surface area contributed by atoms with Crippen LogP contribution in [0.3, 0.4) is 0 Å². The minimum absolute atomic E-state index is 0.243. The van der Waals surface area contributed by atoms with Crippen molar-refractivity contribution in [2.75, 3.05) is 6.61 Å². The zero-order chi connectivity index (χ0) is 26.4. The van der Waals surface area contributed by atoms with Crippen LogP contribution in [0.15, 0.2) is 0 Å². The number of carbonyl (C=O) groups excluding carboxylic acids is 5. The summed E-state index contributed by atoms with van der Waals surface area (Å²) in [6.45, 7) is -0.955. The highest BCUT2D eigenvalue weighted by atomic mass is 16.4. The third-order valence-corrected chi connectivity index (χ3v) is 4.43. The monoisotopic (exact) mass is 490 g/mol. The van der Waals surface area contributed by atoms with Gasteiger partial charge in [-0.05, 0) is 19.3 Å². The second-order valence-electron chi connectivity index (χ2n) is 7.25. The number of rotatable bonds is 17. The smallest absolute Gasteiger partial charge is 0.328 e. The van der Waals surface area contributed by atoms with Gasteiger partial charge in [-0.25, -0.2) is 4.79 Å². The summed E-state index contributed by atoms with van der Waals surface area (Å²) in [6, 6.07) is -5.93. The molecule has 5 amide bonds. The lowest BCUT2D eigenvalue weighted by atomic mass is 10.1. The Hall–Kier alpha value is -3.79. The van der Waals surface area contributed by atoms with Gasteiger partial charge in [0, 0.05) is 19.3 Å². The summed E-state index contributed by atoms with van der Waals surface area (Å²) in [5, 5.41) is 33.2. The predicted molar refractivity (Wildman–Crippen MR) is 112 cm³/mol. The third kappa shape index (κ3) is 12.3. The van der Waals surface area contributed by atoms with Gasteiger partial charge in [0.2, 0.25) is 29.5 Å². The molecule has 0 aliphatic carbocycles. The Morgan fingerprint density at radius 2 is 1.06 bits per heavy atom. The molecule has 16 heteroatoms. The van der Waals surface area contributed by atoms with E-state index in [1.54, 1.807) is 0 Å². The highest BCUT2D eigenvalue weighted by molar-refractivity contribution is 5.94. The number of nitrogens with two attached hydrogens (primary N) is 3. The van der Waals surface area contributed by atoms with Gasteiger partial charge in [0.1, 0.15) is 18.1 Å². The van der Waals surface area contributed by atoms with Crippen LogP contribution in [0.5, 0.6) is 0 Å². The molecule has 0 bridgehead atoms. The number of hydrogen-bond donors (Lipinski definition) is 9. The number of carboxylic acid groups (broad SMARTS) is 2. The molecule has 12 N–H and O–H groups in total. The lowest BCUT2D eigenvalue weighted by molar-refractivity contribution is -0.143. The zero-order valence-electron chi connectivity index (χ0n) is 18.2. The Morgan fingerprint density at radius 1 is 0.647 bits per heavy atom. The summed E-state index contributed by atoms with van der Waals surface area (Å²) >= 11 is 0. The minimum Gasteiger partial charge on any atom is -0.481 e. The van der Waals surface area contributed by atoms with E-state index in [1.807, 2.05) is 5.32 Å². The fraction of sp³-hybridized carbons (Fsp3) is 0.611. The molecule has 16 nitrogen and oxygen atoms in total. The van der Waals surface area contributed by atoms with Crippen LogP contribution in [0.4, 0.5) is 0 Å². The van der Waals surface area contributed by atoms with Crippen LogP contribution in [0, 0.1) is 0 Å². The Balaban J connectivity index is 5.52. The Labute approximate surface area is 193 Å². The van der Waals surface area contributed by atoms with Crippen molar-refractivity contribution in [3.63, 3.8) is 0 Å². The van der Waals surface area contributed by atoms with Gasteiger partial charge < -0.3 is 48.5 Å². The molecule has 34 heavy (non-hydrogen) atoms. The van der Waals surface area contributed by atoms with Gasteiger partial charge in [0.05, 0.1) is 12.6 Å². The molecule has 0 heterocycles. The number of aliphatic hydroxyl groups is 1. The Kier molecular flexibility index (Phi) is 13.4. The van der Waals surface area contributed by atoms with Gasteiger partial charge in [-0.2, -0.15) is 0 Å². The van der Waals surface area contributed by atoms with Crippen LogP contribution in [-0.2, 0) is 33.6 Å². The van der Waals surface area contributed by atoms with Crippen LogP contribution >= 0.6 is 0 Å². The van der Waals surface area contributed by atoms with Gasteiger partial charge in [-0.1, -0.05) is 0 Å². The summed E-state index contributed by atoms with van der Waals surface area (Å²) < 4.78 is 0. The Morgan fingerprint density at radius 3 is 1.41 bits per heavy atom. The molecule has 0 saturated heterocycles. The number of carbonyl (C=O) groups is 7. The first kappa shape index (κ1) is 30.2. The fourth-order valence-electron chi connectivity index (χ4n) is 2.53. The molecule has 0 aliphatic rings. The van der Waals surface area contributed by atoms with E-state index in [9.17, 15) is 33.6 Å². The number of primary amides is 2. The first-order valence-corrected chi connectivity index (χ1v) is 10.1. The quantitative estimate of drug-likeness (QED) is 0.0932. The molecule has 0 aromatic carbocycles. The van der Waals surface area contributed by atoms with Crippen molar-refractivity contribution in [1.82, 2.24) is 16.0 Å². The van der Waals surface area contributed by atoms with E-state index < -0.39 is 78.7 Å². The molecule has 0 radical (unpaired) electrons. The average Bonchev–Trinajstić information content (AvgIpc) is 2.74. The molecule has 0 fully saturated rings. The summed E-state index contributed by atoms with van der Waals surface area (Å²) in [5.74, 6) is -7.36. The maximum absolute atomic E-state index is 12.8. The van der Waals surface area contributed by atoms with Crippen molar-refractivity contribution < 1.29 is 48.9 Å². The topological polar surface area (TPSA) is 294 Å². The van der Waals surface area contributed by atoms with E-state index >= 15 is 0 Å². The van der Waals surface area contributed by atoms with E-state index in [2.05, 4.69) is 10.6 Å². The number of aliphatic carboxylic acids is 2. The van der Waals surface area contributed by atoms with Crippen molar-refractivity contribution in [2.24, 2.45) is 17.2 Å². The van der Waals surface area contributed by atoms with Gasteiger partial charge in [0.15, 0.2) is 0 Å². The van der Waals surface area contributed by atoms with E-state index in [4.69, 9.17) is 32.5 Å². The summed E-state index contributed by atoms with van der Waals surface area (Å²) in [4.78, 5) is 81.4. The number of amides is 5. The zero-order valence-corrected chi connectivity index (χ0v) is 18.2. The molecule has 4 atom stereocenters. The Bertz CT molecular complexity index is 789. The molecule has 4 unspecified atom stereocenters. The largest absolute Gasteiger partial charge is 0.481 e. The van der Waals surface area contributed by atoms with E-state index in [-0.39, 0.29) is 32.1 Å². The van der Waals surface area contributed by atoms with Crippen molar-refractivity contribution in [1.29, 1.82) is 0 Å². The van der Waals surface area contributed by atoms with Gasteiger partial charge in [0.25, 0.3) is 0 Å². The first-order chi connectivity index (χ1) is 15.8. The highest BCUT2D eigenvalue weighted by Gasteiger charge is 2.30. The minimum atomic E-state index is -1.70. The van der Waals surface area contributed by atoms with Crippen molar-refractivity contribution in [3.8, 4) is 0 Å². The maximum atomic E-state index is 12.8. The first-order valence-electron chi connectivity index (χ1n) is 10.1.